The van der Waals surface area contributed by atoms with Crippen LogP contribution in [0.4, 0.5) is 5.69 Å². The van der Waals surface area contributed by atoms with Gasteiger partial charge in [0.05, 0.1) is 26.2 Å². The number of fused-ring (bicyclic) bond motifs is 2. The maximum absolute atomic E-state index is 12.9. The summed E-state index contributed by atoms with van der Waals surface area (Å²) in [6, 6.07) is 15.5. The largest absolute Gasteiger partial charge is 0.485 e. The van der Waals surface area contributed by atoms with Crippen LogP contribution < -0.4 is 19.3 Å². The van der Waals surface area contributed by atoms with Gasteiger partial charge in [0.1, 0.15) is 6.61 Å². The third-order valence-electron chi connectivity index (χ3n) is 6.16. The molecule has 1 fully saturated rings. The number of benzene rings is 2. The summed E-state index contributed by atoms with van der Waals surface area (Å²) in [6.45, 7) is 4.23. The highest BCUT2D eigenvalue weighted by Gasteiger charge is 2.35. The number of rotatable bonds is 3. The molecule has 3 heterocycles. The Kier molecular flexibility index (Phi) is 5.04. The summed E-state index contributed by atoms with van der Waals surface area (Å²) in [5.41, 5.74) is 2.29. The molecule has 0 aliphatic carbocycles. The summed E-state index contributed by atoms with van der Waals surface area (Å²) in [5, 5.41) is 0. The molecule has 0 saturated carbocycles. The minimum Gasteiger partial charge on any atom is -0.485 e. The Bertz CT molecular complexity index is 955. The van der Waals surface area contributed by atoms with Gasteiger partial charge in [0.15, 0.2) is 18.0 Å². The van der Waals surface area contributed by atoms with Crippen LogP contribution in [0.5, 0.6) is 11.5 Å². The molecule has 7 nitrogen and oxygen atoms in total. The van der Waals surface area contributed by atoms with Crippen LogP contribution in [0.15, 0.2) is 48.5 Å². The van der Waals surface area contributed by atoms with Crippen molar-refractivity contribution in [3.05, 3.63) is 54.1 Å². The highest BCUT2D eigenvalue weighted by atomic mass is 16.6. The molecule has 2 aromatic rings. The predicted molar refractivity (Wildman–Crippen MR) is 111 cm³/mol. The van der Waals surface area contributed by atoms with E-state index in [1.54, 1.807) is 0 Å². The molecule has 30 heavy (non-hydrogen) atoms. The minimum atomic E-state index is -0.607. The molecule has 1 saturated heterocycles. The second kappa shape index (κ2) is 7.99. The zero-order valence-electron chi connectivity index (χ0n) is 16.9. The number of ether oxygens (including phenoxy) is 2. The minimum absolute atomic E-state index is 0.0386. The molecule has 1 N–H and O–H groups in total. The van der Waals surface area contributed by atoms with Gasteiger partial charge in [0, 0.05) is 12.2 Å². The Balaban J connectivity index is 1.14. The fourth-order valence-corrected chi connectivity index (χ4v) is 4.47. The molecule has 2 aromatic carbocycles. The lowest BCUT2D eigenvalue weighted by atomic mass is 10.2. The zero-order valence-corrected chi connectivity index (χ0v) is 16.9. The highest BCUT2D eigenvalue weighted by molar-refractivity contribution is 5.96. The van der Waals surface area contributed by atoms with Crippen molar-refractivity contribution in [3.63, 3.8) is 0 Å². The Morgan fingerprint density at radius 2 is 1.70 bits per heavy atom. The number of carbonyl (C=O) groups is 2. The lowest BCUT2D eigenvalue weighted by Gasteiger charge is -2.35. The van der Waals surface area contributed by atoms with Crippen LogP contribution in [-0.4, -0.2) is 68.7 Å². The number of piperazine rings is 1. The summed E-state index contributed by atoms with van der Waals surface area (Å²) < 4.78 is 11.5. The van der Waals surface area contributed by atoms with Crippen LogP contribution in [0.25, 0.3) is 0 Å². The summed E-state index contributed by atoms with van der Waals surface area (Å²) in [5.74, 6) is 1.42. The maximum atomic E-state index is 12.9. The first-order valence-electron chi connectivity index (χ1n) is 10.6. The number of anilines is 1. The van der Waals surface area contributed by atoms with E-state index in [0.29, 0.717) is 31.1 Å². The van der Waals surface area contributed by atoms with E-state index in [0.717, 1.165) is 31.7 Å². The average molecular weight is 408 g/mol. The lowest BCUT2D eigenvalue weighted by Crippen LogP contribution is -3.16. The molecule has 0 unspecified atom stereocenters. The number of carbonyl (C=O) groups excluding carboxylic acids is 2. The molecule has 0 aromatic heterocycles. The van der Waals surface area contributed by atoms with Crippen molar-refractivity contribution in [2.45, 2.75) is 12.5 Å². The quantitative estimate of drug-likeness (QED) is 0.785. The van der Waals surface area contributed by atoms with Crippen molar-refractivity contribution < 1.29 is 24.0 Å². The van der Waals surface area contributed by atoms with Crippen LogP contribution in [0.3, 0.4) is 0 Å². The smallest absolute Gasteiger partial charge is 0.282 e. The number of hydrogen-bond donors (Lipinski definition) is 1. The van der Waals surface area contributed by atoms with Crippen molar-refractivity contribution in [1.82, 2.24) is 4.90 Å². The average Bonchev–Trinajstić information content (AvgIpc) is 3.23. The highest BCUT2D eigenvalue weighted by Crippen LogP contribution is 2.31. The van der Waals surface area contributed by atoms with Gasteiger partial charge in [0.2, 0.25) is 6.10 Å². The molecule has 7 heteroatoms. The number of para-hydroxylation sites is 3. The maximum Gasteiger partial charge on any atom is 0.282 e. The van der Waals surface area contributed by atoms with Gasteiger partial charge in [-0.1, -0.05) is 30.3 Å². The summed E-state index contributed by atoms with van der Waals surface area (Å²) >= 11 is 0. The number of quaternary nitrogens is 1. The second-order valence-corrected chi connectivity index (χ2v) is 8.04. The summed E-state index contributed by atoms with van der Waals surface area (Å²) in [4.78, 5) is 30.7. The van der Waals surface area contributed by atoms with Gasteiger partial charge in [-0.15, -0.1) is 0 Å². The number of nitrogens with one attached hydrogen (secondary N) is 1. The summed E-state index contributed by atoms with van der Waals surface area (Å²) in [7, 11) is 0. The number of nitrogens with zero attached hydrogens (tertiary/aromatic N) is 2. The topological polar surface area (TPSA) is 63.5 Å². The molecule has 0 radical (unpaired) electrons. The van der Waals surface area contributed by atoms with Crippen molar-refractivity contribution in [2.75, 3.05) is 50.8 Å². The molecule has 3 aliphatic heterocycles. The van der Waals surface area contributed by atoms with Crippen LogP contribution in [0.1, 0.15) is 5.56 Å². The van der Waals surface area contributed by atoms with Crippen molar-refractivity contribution in [3.8, 4) is 11.5 Å². The SMILES string of the molecule is O=C([C@H]1COc2ccccc2O1)N1CC[NH+](CC(=O)N2CCc3ccccc32)CC1. The Morgan fingerprint density at radius 3 is 2.53 bits per heavy atom. The fourth-order valence-electron chi connectivity index (χ4n) is 4.47. The predicted octanol–water partition coefficient (Wildman–Crippen LogP) is 0.143. The van der Waals surface area contributed by atoms with Crippen molar-refractivity contribution in [1.29, 1.82) is 0 Å². The van der Waals surface area contributed by atoms with E-state index < -0.39 is 6.10 Å². The zero-order chi connectivity index (χ0) is 20.5. The molecule has 3 aliphatic rings. The summed E-state index contributed by atoms with van der Waals surface area (Å²) in [6.07, 6.45) is 0.315. The third-order valence-corrected chi connectivity index (χ3v) is 6.16. The number of amides is 2. The van der Waals surface area contributed by atoms with Crippen LogP contribution in [0.2, 0.25) is 0 Å². The number of hydrogen-bond acceptors (Lipinski definition) is 4. The van der Waals surface area contributed by atoms with Crippen LogP contribution >= 0.6 is 0 Å². The van der Waals surface area contributed by atoms with E-state index >= 15 is 0 Å². The lowest BCUT2D eigenvalue weighted by molar-refractivity contribution is -0.895. The van der Waals surface area contributed by atoms with E-state index in [4.69, 9.17) is 9.47 Å². The monoisotopic (exact) mass is 408 g/mol. The molecule has 2 amide bonds. The third kappa shape index (κ3) is 3.61. The first kappa shape index (κ1) is 18.9. The second-order valence-electron chi connectivity index (χ2n) is 8.04. The molecule has 156 valence electrons. The molecule has 1 atom stereocenters. The van der Waals surface area contributed by atoms with E-state index in [9.17, 15) is 9.59 Å². The van der Waals surface area contributed by atoms with Gasteiger partial charge < -0.3 is 24.2 Å². The van der Waals surface area contributed by atoms with Gasteiger partial charge in [-0.25, -0.2) is 0 Å². The van der Waals surface area contributed by atoms with E-state index in [2.05, 4.69) is 6.07 Å². The molecular weight excluding hydrogens is 382 g/mol. The van der Waals surface area contributed by atoms with Gasteiger partial charge in [-0.2, -0.15) is 0 Å². The molecular formula is C23H26N3O4+. The van der Waals surface area contributed by atoms with Crippen molar-refractivity contribution in [2.24, 2.45) is 0 Å². The van der Waals surface area contributed by atoms with E-state index in [-0.39, 0.29) is 18.4 Å². The Morgan fingerprint density at radius 1 is 0.967 bits per heavy atom. The van der Waals surface area contributed by atoms with Crippen LogP contribution in [0, 0.1) is 0 Å². The Labute approximate surface area is 175 Å². The molecule has 5 rings (SSSR count). The van der Waals surface area contributed by atoms with Gasteiger partial charge >= 0.3 is 0 Å². The fraction of sp³-hybridized carbons (Fsp3) is 0.391. The van der Waals surface area contributed by atoms with Gasteiger partial charge in [0.25, 0.3) is 11.8 Å². The van der Waals surface area contributed by atoms with E-state index in [1.807, 2.05) is 52.3 Å². The molecule has 0 bridgehead atoms. The standard InChI is InChI=1S/C23H25N3O4/c27-22(26-10-9-17-5-1-2-6-18(17)26)15-24-11-13-25(14-12-24)23(28)21-16-29-19-7-3-4-8-20(19)30-21/h1-8,21H,9-16H2/p+1/t21-/m1/s1. The first-order chi connectivity index (χ1) is 14.7. The first-order valence-corrected chi connectivity index (χ1v) is 10.6. The van der Waals surface area contributed by atoms with Gasteiger partial charge in [-0.3, -0.25) is 9.59 Å². The van der Waals surface area contributed by atoms with Gasteiger partial charge in [-0.05, 0) is 30.2 Å². The van der Waals surface area contributed by atoms with E-state index in [1.165, 1.54) is 10.5 Å². The molecule has 0 spiro atoms. The van der Waals surface area contributed by atoms with Crippen molar-refractivity contribution >= 4 is 17.5 Å². The Hall–Kier alpha value is -3.06. The normalized spacial score (nSPS) is 20.7. The van der Waals surface area contributed by atoms with Crippen LogP contribution in [-0.2, 0) is 16.0 Å².